The van der Waals surface area contributed by atoms with E-state index in [-0.39, 0.29) is 37.6 Å². The molecule has 0 fully saturated rings. The van der Waals surface area contributed by atoms with Crippen molar-refractivity contribution in [1.29, 1.82) is 5.26 Å². The Bertz CT molecular complexity index is 1210. The van der Waals surface area contributed by atoms with E-state index in [1.807, 2.05) is 54.6 Å². The molecule has 0 saturated heterocycles. The number of nitriles is 1. The third kappa shape index (κ3) is 5.12. The number of hydrogen-bond acceptors (Lipinski definition) is 5. The lowest BCUT2D eigenvalue weighted by Crippen LogP contribution is -2.10. The molecule has 3 aromatic rings. The van der Waals surface area contributed by atoms with E-state index in [1.54, 1.807) is 18.2 Å². The van der Waals surface area contributed by atoms with Crippen LogP contribution in [0.4, 0.5) is 5.69 Å². The van der Waals surface area contributed by atoms with Gasteiger partial charge in [0.15, 0.2) is 0 Å². The monoisotopic (exact) mass is 408 g/mol. The number of ketones is 1. The van der Waals surface area contributed by atoms with E-state index in [0.29, 0.717) is 17.0 Å². The fourth-order valence-corrected chi connectivity index (χ4v) is 3.54. The number of carbonyl (C=O) groups excluding carboxylic acids is 2. The smallest absolute Gasteiger partial charge is 0.310 e. The van der Waals surface area contributed by atoms with E-state index in [2.05, 4.69) is 6.07 Å². The van der Waals surface area contributed by atoms with Gasteiger partial charge in [-0.2, -0.15) is 5.26 Å². The molecular weight excluding hydrogens is 388 g/mol. The second-order valence-corrected chi connectivity index (χ2v) is 7.43. The molecule has 0 radical (unpaired) electrons. The molecule has 31 heavy (non-hydrogen) atoms. The van der Waals surface area contributed by atoms with E-state index in [0.717, 1.165) is 22.3 Å². The van der Waals surface area contributed by atoms with Crippen LogP contribution in [-0.4, -0.2) is 17.5 Å². The van der Waals surface area contributed by atoms with Crippen molar-refractivity contribution < 1.29 is 14.3 Å². The number of aliphatic imine (C=N–C) groups is 1. The molecule has 0 N–H and O–H groups in total. The second-order valence-electron chi connectivity index (χ2n) is 7.43. The summed E-state index contributed by atoms with van der Waals surface area (Å²) in [5, 5.41) is 9.14. The molecule has 5 heteroatoms. The first-order valence-electron chi connectivity index (χ1n) is 10.0. The quantitative estimate of drug-likeness (QED) is 0.583. The Kier molecular flexibility index (Phi) is 6.00. The van der Waals surface area contributed by atoms with Crippen molar-refractivity contribution in [3.8, 4) is 6.07 Å². The standard InChI is InChI=1S/C26H20N2O3/c27-16-20-7-4-8-21(12-20)25-15-23(29)14-22-11-19(9-10-24(22)28-25)13-26(30)31-17-18-5-2-1-3-6-18/h1-12H,13-15,17H2. The molecule has 0 amide bonds. The second kappa shape index (κ2) is 9.19. The summed E-state index contributed by atoms with van der Waals surface area (Å²) in [6.07, 6.45) is 0.597. The molecule has 1 heterocycles. The Morgan fingerprint density at radius 2 is 1.81 bits per heavy atom. The molecule has 3 aromatic carbocycles. The number of benzene rings is 3. The van der Waals surface area contributed by atoms with Crippen molar-refractivity contribution in [2.75, 3.05) is 0 Å². The van der Waals surface area contributed by atoms with Crippen molar-refractivity contribution in [1.82, 2.24) is 0 Å². The van der Waals surface area contributed by atoms with Crippen LogP contribution in [0.3, 0.4) is 0 Å². The number of nitrogens with zero attached hydrogens (tertiary/aromatic N) is 2. The van der Waals surface area contributed by atoms with Gasteiger partial charge in [-0.05, 0) is 40.5 Å². The van der Waals surface area contributed by atoms with Crippen LogP contribution in [0.1, 0.15) is 34.2 Å². The Hall–Kier alpha value is -4.04. The third-order valence-corrected chi connectivity index (χ3v) is 5.07. The van der Waals surface area contributed by atoms with Gasteiger partial charge >= 0.3 is 5.97 Å². The lowest BCUT2D eigenvalue weighted by molar-refractivity contribution is -0.144. The van der Waals surface area contributed by atoms with E-state index in [1.165, 1.54) is 0 Å². The van der Waals surface area contributed by atoms with Crippen molar-refractivity contribution in [3.63, 3.8) is 0 Å². The van der Waals surface area contributed by atoms with Gasteiger partial charge in [0.2, 0.25) is 0 Å². The molecule has 152 valence electrons. The molecule has 0 aromatic heterocycles. The number of hydrogen-bond donors (Lipinski definition) is 0. The first-order chi connectivity index (χ1) is 15.1. The molecule has 0 spiro atoms. The fourth-order valence-electron chi connectivity index (χ4n) is 3.54. The maximum absolute atomic E-state index is 12.5. The van der Waals surface area contributed by atoms with Crippen molar-refractivity contribution in [2.24, 2.45) is 4.99 Å². The summed E-state index contributed by atoms with van der Waals surface area (Å²) in [4.78, 5) is 29.5. The Balaban J connectivity index is 1.51. The highest BCUT2D eigenvalue weighted by molar-refractivity contribution is 6.13. The molecule has 0 aliphatic carbocycles. The molecule has 0 atom stereocenters. The summed E-state index contributed by atoms with van der Waals surface area (Å²) in [7, 11) is 0. The van der Waals surface area contributed by atoms with Crippen LogP contribution in [0, 0.1) is 11.3 Å². The highest BCUT2D eigenvalue weighted by atomic mass is 16.5. The predicted octanol–water partition coefficient (Wildman–Crippen LogP) is 4.48. The number of fused-ring (bicyclic) bond motifs is 1. The molecule has 0 saturated carbocycles. The van der Waals surface area contributed by atoms with Crippen molar-refractivity contribution in [2.45, 2.75) is 25.9 Å². The molecule has 1 aliphatic heterocycles. The summed E-state index contributed by atoms with van der Waals surface area (Å²) in [5.74, 6) is -0.273. The molecule has 0 bridgehead atoms. The lowest BCUT2D eigenvalue weighted by atomic mass is 10.00. The third-order valence-electron chi connectivity index (χ3n) is 5.07. The van der Waals surface area contributed by atoms with Gasteiger partial charge in [0.05, 0.1) is 29.5 Å². The Morgan fingerprint density at radius 1 is 0.968 bits per heavy atom. The lowest BCUT2D eigenvalue weighted by Gasteiger charge is -2.08. The van der Waals surface area contributed by atoms with Crippen molar-refractivity contribution in [3.05, 3.63) is 101 Å². The van der Waals surface area contributed by atoms with E-state index >= 15 is 0 Å². The molecule has 1 aliphatic rings. The number of carbonyl (C=O) groups is 2. The number of rotatable bonds is 5. The van der Waals surface area contributed by atoms with Crippen LogP contribution in [0.5, 0.6) is 0 Å². The van der Waals surface area contributed by atoms with E-state index in [9.17, 15) is 9.59 Å². The van der Waals surface area contributed by atoms with Crippen molar-refractivity contribution >= 4 is 23.2 Å². The normalized spacial score (nSPS) is 12.9. The van der Waals surface area contributed by atoms with Crippen LogP contribution in [0.15, 0.2) is 77.8 Å². The van der Waals surface area contributed by atoms with Gasteiger partial charge < -0.3 is 4.74 Å². The van der Waals surface area contributed by atoms with Crippen LogP contribution in [0.25, 0.3) is 0 Å². The first-order valence-corrected chi connectivity index (χ1v) is 10.0. The SMILES string of the molecule is N#Cc1cccc(C2=Nc3ccc(CC(=O)OCc4ccccc4)cc3CC(=O)C2)c1. The minimum absolute atomic E-state index is 0.0451. The van der Waals surface area contributed by atoms with E-state index in [4.69, 9.17) is 15.0 Å². The topological polar surface area (TPSA) is 79.5 Å². The fraction of sp³-hybridized carbons (Fsp3) is 0.154. The summed E-state index contributed by atoms with van der Waals surface area (Å²) in [6, 6.07) is 24.3. The highest BCUT2D eigenvalue weighted by Gasteiger charge is 2.19. The minimum Gasteiger partial charge on any atom is -0.461 e. The van der Waals surface area contributed by atoms with E-state index < -0.39 is 0 Å². The summed E-state index contributed by atoms with van der Waals surface area (Å²) in [5.41, 5.74) is 5.18. The van der Waals surface area contributed by atoms with Crippen LogP contribution < -0.4 is 0 Å². The minimum atomic E-state index is -0.318. The molecule has 5 nitrogen and oxygen atoms in total. The maximum atomic E-state index is 12.5. The number of esters is 1. The summed E-state index contributed by atoms with van der Waals surface area (Å²) in [6.45, 7) is 0.235. The zero-order valence-electron chi connectivity index (χ0n) is 16.9. The average Bonchev–Trinajstić information content (AvgIpc) is 2.96. The van der Waals surface area contributed by atoms with Gasteiger partial charge in [-0.15, -0.1) is 0 Å². The van der Waals surface area contributed by atoms with Crippen LogP contribution in [-0.2, 0) is 33.8 Å². The van der Waals surface area contributed by atoms with Gasteiger partial charge in [-0.3, -0.25) is 14.6 Å². The first kappa shape index (κ1) is 20.2. The molecule has 4 rings (SSSR count). The molecule has 0 unspecified atom stereocenters. The summed E-state index contributed by atoms with van der Waals surface area (Å²) < 4.78 is 5.36. The van der Waals surface area contributed by atoms with Gasteiger partial charge in [-0.1, -0.05) is 54.6 Å². The van der Waals surface area contributed by atoms with Crippen LogP contribution >= 0.6 is 0 Å². The van der Waals surface area contributed by atoms with Gasteiger partial charge in [-0.25, -0.2) is 0 Å². The Labute approximate surface area is 180 Å². The van der Waals surface area contributed by atoms with Crippen LogP contribution in [0.2, 0.25) is 0 Å². The van der Waals surface area contributed by atoms with Gasteiger partial charge in [0.25, 0.3) is 0 Å². The zero-order chi connectivity index (χ0) is 21.6. The van der Waals surface area contributed by atoms with Gasteiger partial charge in [0.1, 0.15) is 12.4 Å². The molecular formula is C26H20N2O3. The van der Waals surface area contributed by atoms with Gasteiger partial charge in [0, 0.05) is 12.8 Å². The largest absolute Gasteiger partial charge is 0.461 e. The maximum Gasteiger partial charge on any atom is 0.310 e. The highest BCUT2D eigenvalue weighted by Crippen LogP contribution is 2.27. The zero-order valence-corrected chi connectivity index (χ0v) is 16.9. The number of ether oxygens (including phenoxy) is 1. The average molecular weight is 408 g/mol. The number of Topliss-reactive ketones (excluding diaryl/α,β-unsaturated/α-hetero) is 1. The predicted molar refractivity (Wildman–Crippen MR) is 117 cm³/mol. The Morgan fingerprint density at radius 3 is 2.61 bits per heavy atom. The summed E-state index contributed by atoms with van der Waals surface area (Å²) >= 11 is 0.